The number of benzene rings is 1. The Kier molecular flexibility index (Phi) is 2.94. The number of nitro groups is 1. The number of rotatable bonds is 2. The lowest BCUT2D eigenvalue weighted by Gasteiger charge is -2.09. The molecule has 6 nitrogen and oxygen atoms in total. The number of hydrogen-bond acceptors (Lipinski definition) is 4. The molecule has 0 unspecified atom stereocenters. The first kappa shape index (κ1) is 12.7. The summed E-state index contributed by atoms with van der Waals surface area (Å²) in [6, 6.07) is 0.484. The molecule has 0 aliphatic carbocycles. The molecule has 0 heterocycles. The van der Waals surface area contributed by atoms with Crippen LogP contribution in [0.1, 0.15) is 15.9 Å². The zero-order valence-corrected chi connectivity index (χ0v) is 7.85. The van der Waals surface area contributed by atoms with Gasteiger partial charge in [0.2, 0.25) is 5.75 Å². The Labute approximate surface area is 91.1 Å². The Morgan fingerprint density at radius 3 is 2.24 bits per heavy atom. The first-order valence-electron chi connectivity index (χ1n) is 3.96. The highest BCUT2D eigenvalue weighted by Gasteiger charge is 2.38. The van der Waals surface area contributed by atoms with E-state index in [1.807, 2.05) is 0 Å². The number of carbonyl (C=O) groups is 1. The van der Waals surface area contributed by atoms with Crippen molar-refractivity contribution in [2.24, 2.45) is 0 Å². The van der Waals surface area contributed by atoms with E-state index in [1.54, 1.807) is 0 Å². The van der Waals surface area contributed by atoms with Crippen LogP contribution in [-0.4, -0.2) is 21.1 Å². The summed E-state index contributed by atoms with van der Waals surface area (Å²) in [5.41, 5.74) is -4.00. The van der Waals surface area contributed by atoms with Crippen LogP contribution < -0.4 is 0 Å². The molecule has 0 atom stereocenters. The first-order valence-corrected chi connectivity index (χ1v) is 3.96. The molecule has 1 aromatic rings. The van der Waals surface area contributed by atoms with Gasteiger partial charge in [-0.05, 0) is 6.07 Å². The SMILES string of the molecule is O=C(O)c1cc([N+](=O)[O-])c(O)c(C(F)(F)F)c1. The number of hydrogen-bond donors (Lipinski definition) is 2. The second-order valence-corrected chi connectivity index (χ2v) is 2.95. The van der Waals surface area contributed by atoms with E-state index in [4.69, 9.17) is 10.2 Å². The molecule has 92 valence electrons. The number of aromatic hydroxyl groups is 1. The molecule has 0 saturated carbocycles. The molecule has 1 aromatic carbocycles. The summed E-state index contributed by atoms with van der Waals surface area (Å²) in [4.78, 5) is 19.6. The lowest BCUT2D eigenvalue weighted by molar-refractivity contribution is -0.386. The Morgan fingerprint density at radius 2 is 1.88 bits per heavy atom. The monoisotopic (exact) mass is 251 g/mol. The van der Waals surface area contributed by atoms with E-state index in [0.717, 1.165) is 0 Å². The fourth-order valence-electron chi connectivity index (χ4n) is 1.10. The molecule has 0 aliphatic rings. The summed E-state index contributed by atoms with van der Waals surface area (Å²) in [6.45, 7) is 0. The Hall–Kier alpha value is -2.32. The highest BCUT2D eigenvalue weighted by atomic mass is 19.4. The topological polar surface area (TPSA) is 101 Å². The van der Waals surface area contributed by atoms with Crippen LogP contribution in [0.5, 0.6) is 5.75 Å². The number of carboxylic acid groups (broad SMARTS) is 1. The number of nitro benzene ring substituents is 1. The van der Waals surface area contributed by atoms with Gasteiger partial charge in [-0.1, -0.05) is 0 Å². The molecular formula is C8H4F3NO5. The maximum absolute atomic E-state index is 12.4. The number of nitrogens with zero attached hydrogens (tertiary/aromatic N) is 1. The van der Waals surface area contributed by atoms with E-state index >= 15 is 0 Å². The molecule has 17 heavy (non-hydrogen) atoms. The Bertz CT molecular complexity index is 497. The van der Waals surface area contributed by atoms with Gasteiger partial charge < -0.3 is 10.2 Å². The molecular weight excluding hydrogens is 247 g/mol. The second kappa shape index (κ2) is 3.92. The van der Waals surface area contributed by atoms with Gasteiger partial charge in [0.1, 0.15) is 5.56 Å². The summed E-state index contributed by atoms with van der Waals surface area (Å²) in [7, 11) is 0. The van der Waals surface area contributed by atoms with Gasteiger partial charge in [-0.25, -0.2) is 4.79 Å². The zero-order chi connectivity index (χ0) is 13.4. The lowest BCUT2D eigenvalue weighted by atomic mass is 10.1. The van der Waals surface area contributed by atoms with Gasteiger partial charge in [0.15, 0.2) is 0 Å². The van der Waals surface area contributed by atoms with Crippen LogP contribution in [0.2, 0.25) is 0 Å². The van der Waals surface area contributed by atoms with Crippen LogP contribution in [-0.2, 0) is 6.18 Å². The fourth-order valence-corrected chi connectivity index (χ4v) is 1.10. The number of halogens is 3. The minimum absolute atomic E-state index is 0.130. The van der Waals surface area contributed by atoms with E-state index in [2.05, 4.69) is 0 Å². The molecule has 0 aliphatic heterocycles. The maximum Gasteiger partial charge on any atom is 0.420 e. The molecule has 0 fully saturated rings. The van der Waals surface area contributed by atoms with Gasteiger partial charge in [0.05, 0.1) is 10.5 Å². The van der Waals surface area contributed by atoms with E-state index in [9.17, 15) is 28.1 Å². The van der Waals surface area contributed by atoms with Crippen LogP contribution >= 0.6 is 0 Å². The zero-order valence-electron chi connectivity index (χ0n) is 7.85. The number of carboxylic acids is 1. The molecule has 0 saturated heterocycles. The lowest BCUT2D eigenvalue weighted by Crippen LogP contribution is -2.09. The molecule has 1 rings (SSSR count). The molecule has 2 N–H and O–H groups in total. The van der Waals surface area contributed by atoms with Gasteiger partial charge in [-0.2, -0.15) is 13.2 Å². The minimum Gasteiger partial charge on any atom is -0.502 e. The summed E-state index contributed by atoms with van der Waals surface area (Å²) in [5.74, 6) is -3.37. The van der Waals surface area contributed by atoms with Crippen molar-refractivity contribution in [3.8, 4) is 5.75 Å². The summed E-state index contributed by atoms with van der Waals surface area (Å²) >= 11 is 0. The number of aromatic carboxylic acids is 1. The predicted octanol–water partition coefficient (Wildman–Crippen LogP) is 2.02. The quantitative estimate of drug-likeness (QED) is 0.618. The van der Waals surface area contributed by atoms with E-state index < -0.39 is 39.6 Å². The second-order valence-electron chi connectivity index (χ2n) is 2.95. The smallest absolute Gasteiger partial charge is 0.420 e. The van der Waals surface area contributed by atoms with Crippen molar-refractivity contribution in [3.63, 3.8) is 0 Å². The van der Waals surface area contributed by atoms with Crippen molar-refractivity contribution in [2.45, 2.75) is 6.18 Å². The van der Waals surface area contributed by atoms with E-state index in [1.165, 1.54) is 0 Å². The van der Waals surface area contributed by atoms with Gasteiger partial charge in [0, 0.05) is 6.07 Å². The molecule has 0 bridgehead atoms. The van der Waals surface area contributed by atoms with E-state index in [-0.39, 0.29) is 6.07 Å². The normalized spacial score (nSPS) is 11.2. The predicted molar refractivity (Wildman–Crippen MR) is 46.7 cm³/mol. The van der Waals surface area contributed by atoms with Crippen molar-refractivity contribution in [1.29, 1.82) is 0 Å². The fraction of sp³-hybridized carbons (Fsp3) is 0.125. The molecule has 0 radical (unpaired) electrons. The van der Waals surface area contributed by atoms with Gasteiger partial charge in [-0.15, -0.1) is 0 Å². The molecule has 0 spiro atoms. The number of phenols is 1. The number of phenolic OH excluding ortho intramolecular Hbond substituents is 1. The van der Waals surface area contributed by atoms with Crippen LogP contribution in [0.25, 0.3) is 0 Å². The third kappa shape index (κ3) is 2.44. The van der Waals surface area contributed by atoms with Crippen molar-refractivity contribution in [2.75, 3.05) is 0 Å². The van der Waals surface area contributed by atoms with Crippen molar-refractivity contribution in [3.05, 3.63) is 33.4 Å². The Morgan fingerprint density at radius 1 is 1.35 bits per heavy atom. The van der Waals surface area contributed by atoms with Crippen LogP contribution in [0.15, 0.2) is 12.1 Å². The minimum atomic E-state index is -5.08. The molecule has 0 amide bonds. The first-order chi connectivity index (χ1) is 7.64. The highest BCUT2D eigenvalue weighted by molar-refractivity contribution is 5.89. The standard InChI is InChI=1S/C8H4F3NO5/c9-8(10,11)4-1-3(7(14)15)2-5(6(4)13)12(16)17/h1-2,13H,(H,14,15). The van der Waals surface area contributed by atoms with Crippen LogP contribution in [0.3, 0.4) is 0 Å². The summed E-state index contributed by atoms with van der Waals surface area (Å²) in [5, 5.41) is 27.9. The van der Waals surface area contributed by atoms with Crippen molar-refractivity contribution in [1.82, 2.24) is 0 Å². The van der Waals surface area contributed by atoms with Gasteiger partial charge >= 0.3 is 17.8 Å². The van der Waals surface area contributed by atoms with Crippen molar-refractivity contribution >= 4 is 11.7 Å². The van der Waals surface area contributed by atoms with Gasteiger partial charge in [0.25, 0.3) is 0 Å². The Balaban J connectivity index is 3.60. The molecule has 9 heteroatoms. The average Bonchev–Trinajstić information content (AvgIpc) is 2.15. The summed E-state index contributed by atoms with van der Waals surface area (Å²) in [6.07, 6.45) is -5.08. The average molecular weight is 251 g/mol. The van der Waals surface area contributed by atoms with Gasteiger partial charge in [-0.3, -0.25) is 10.1 Å². The summed E-state index contributed by atoms with van der Waals surface area (Å²) < 4.78 is 37.1. The molecule has 0 aromatic heterocycles. The van der Waals surface area contributed by atoms with E-state index in [0.29, 0.717) is 6.07 Å². The van der Waals surface area contributed by atoms with Crippen molar-refractivity contribution < 1.29 is 33.1 Å². The third-order valence-corrected chi connectivity index (χ3v) is 1.84. The highest BCUT2D eigenvalue weighted by Crippen LogP contribution is 2.41. The third-order valence-electron chi connectivity index (χ3n) is 1.84. The largest absolute Gasteiger partial charge is 0.502 e. The number of alkyl halides is 3. The van der Waals surface area contributed by atoms with Crippen LogP contribution in [0, 0.1) is 10.1 Å². The van der Waals surface area contributed by atoms with Crippen LogP contribution in [0.4, 0.5) is 18.9 Å². The maximum atomic E-state index is 12.4.